The lowest BCUT2D eigenvalue weighted by Gasteiger charge is -2.12. The van der Waals surface area contributed by atoms with Crippen molar-refractivity contribution in [2.24, 2.45) is 0 Å². The van der Waals surface area contributed by atoms with Gasteiger partial charge < -0.3 is 9.67 Å². The van der Waals surface area contributed by atoms with Gasteiger partial charge in [0.05, 0.1) is 0 Å². The molecule has 0 aliphatic rings. The Kier molecular flexibility index (Phi) is 4.05. The van der Waals surface area contributed by atoms with Crippen LogP contribution < -0.4 is 0 Å². The van der Waals surface area contributed by atoms with Crippen molar-refractivity contribution >= 4 is 5.97 Å². The predicted molar refractivity (Wildman–Crippen MR) is 86.2 cm³/mol. The molecule has 0 bridgehead atoms. The average molecular weight is 291 g/mol. The highest BCUT2D eigenvalue weighted by Crippen LogP contribution is 2.17. The van der Waals surface area contributed by atoms with Crippen LogP contribution in [0.2, 0.25) is 0 Å². The lowest BCUT2D eigenvalue weighted by molar-refractivity contribution is 0.0685. The van der Waals surface area contributed by atoms with Crippen LogP contribution >= 0.6 is 0 Å². The summed E-state index contributed by atoms with van der Waals surface area (Å²) in [7, 11) is 0. The van der Waals surface area contributed by atoms with E-state index < -0.39 is 5.97 Å². The molecule has 0 spiro atoms. The van der Waals surface area contributed by atoms with Crippen LogP contribution in [0.5, 0.6) is 0 Å². The Labute approximate surface area is 129 Å². The van der Waals surface area contributed by atoms with E-state index in [1.807, 2.05) is 59.2 Å². The molecule has 2 aromatic carbocycles. The Balaban J connectivity index is 1.95. The van der Waals surface area contributed by atoms with Gasteiger partial charge in [0.2, 0.25) is 0 Å². The fourth-order valence-electron chi connectivity index (χ4n) is 2.61. The Morgan fingerprint density at radius 1 is 0.818 bits per heavy atom. The first-order chi connectivity index (χ1) is 10.7. The molecule has 0 amide bonds. The van der Waals surface area contributed by atoms with Crippen molar-refractivity contribution in [3.05, 3.63) is 95.3 Å². The Morgan fingerprint density at radius 3 is 2.00 bits per heavy atom. The third-order valence-electron chi connectivity index (χ3n) is 3.70. The number of rotatable bonds is 5. The fourth-order valence-corrected chi connectivity index (χ4v) is 2.61. The number of hydrogen-bond acceptors (Lipinski definition) is 1. The van der Waals surface area contributed by atoms with Gasteiger partial charge >= 0.3 is 5.97 Å². The molecule has 1 N–H and O–H groups in total. The van der Waals surface area contributed by atoms with Crippen molar-refractivity contribution < 1.29 is 9.90 Å². The molecule has 0 radical (unpaired) electrons. The van der Waals surface area contributed by atoms with Crippen LogP contribution in [0.15, 0.2) is 72.8 Å². The highest BCUT2D eigenvalue weighted by atomic mass is 16.4. The Bertz CT molecular complexity index is 761. The summed E-state index contributed by atoms with van der Waals surface area (Å²) in [5.41, 5.74) is 3.60. The summed E-state index contributed by atoms with van der Waals surface area (Å²) in [5.74, 6) is -0.893. The van der Waals surface area contributed by atoms with Crippen LogP contribution in [-0.2, 0) is 13.0 Å². The molecule has 22 heavy (non-hydrogen) atoms. The molecule has 0 atom stereocenters. The second-order valence-electron chi connectivity index (χ2n) is 5.25. The van der Waals surface area contributed by atoms with E-state index in [2.05, 4.69) is 12.1 Å². The Hall–Kier alpha value is -2.81. The van der Waals surface area contributed by atoms with E-state index in [4.69, 9.17) is 0 Å². The third-order valence-corrected chi connectivity index (χ3v) is 3.70. The van der Waals surface area contributed by atoms with Crippen molar-refractivity contribution in [2.45, 2.75) is 13.0 Å². The summed E-state index contributed by atoms with van der Waals surface area (Å²) in [5, 5.41) is 9.40. The molecule has 0 unspecified atom stereocenters. The summed E-state index contributed by atoms with van der Waals surface area (Å²) in [6, 6.07) is 23.6. The van der Waals surface area contributed by atoms with Crippen LogP contribution in [0, 0.1) is 0 Å². The molecule has 0 saturated carbocycles. The smallest absolute Gasteiger partial charge is 0.352 e. The second kappa shape index (κ2) is 6.31. The number of carboxylic acid groups (broad SMARTS) is 1. The van der Waals surface area contributed by atoms with Gasteiger partial charge in [-0.15, -0.1) is 0 Å². The first-order valence-corrected chi connectivity index (χ1v) is 7.23. The van der Waals surface area contributed by atoms with E-state index in [1.54, 1.807) is 6.07 Å². The molecule has 0 saturated heterocycles. The van der Waals surface area contributed by atoms with Crippen LogP contribution in [0.25, 0.3) is 0 Å². The van der Waals surface area contributed by atoms with Crippen LogP contribution in [0.1, 0.15) is 27.3 Å². The lowest BCUT2D eigenvalue weighted by atomic mass is 10.1. The van der Waals surface area contributed by atoms with Gasteiger partial charge in [0.15, 0.2) is 0 Å². The molecular weight excluding hydrogens is 274 g/mol. The number of carbonyl (C=O) groups is 1. The van der Waals surface area contributed by atoms with E-state index in [1.165, 1.54) is 5.56 Å². The maximum absolute atomic E-state index is 11.5. The van der Waals surface area contributed by atoms with Gasteiger partial charge in [-0.05, 0) is 23.3 Å². The van der Waals surface area contributed by atoms with Gasteiger partial charge in [-0.3, -0.25) is 0 Å². The SMILES string of the molecule is O=C(O)c1ccc(Cc2ccccc2)n1Cc1ccccc1. The minimum atomic E-state index is -0.893. The first kappa shape index (κ1) is 14.1. The molecule has 1 heterocycles. The third kappa shape index (κ3) is 3.09. The number of carboxylic acids is 1. The summed E-state index contributed by atoms with van der Waals surface area (Å²) < 4.78 is 1.88. The average Bonchev–Trinajstić information content (AvgIpc) is 2.92. The zero-order valence-corrected chi connectivity index (χ0v) is 12.1. The van der Waals surface area contributed by atoms with Crippen LogP contribution in [-0.4, -0.2) is 15.6 Å². The van der Waals surface area contributed by atoms with Gasteiger partial charge in [-0.1, -0.05) is 60.7 Å². The zero-order valence-electron chi connectivity index (χ0n) is 12.1. The highest BCUT2D eigenvalue weighted by Gasteiger charge is 2.14. The molecule has 3 aromatic rings. The van der Waals surface area contributed by atoms with Crippen molar-refractivity contribution in [2.75, 3.05) is 0 Å². The zero-order chi connectivity index (χ0) is 15.4. The molecular formula is C19H17NO2. The first-order valence-electron chi connectivity index (χ1n) is 7.23. The highest BCUT2D eigenvalue weighted by molar-refractivity contribution is 5.86. The molecule has 3 heteroatoms. The molecule has 0 aliphatic heterocycles. The summed E-state index contributed by atoms with van der Waals surface area (Å²) >= 11 is 0. The van der Waals surface area contributed by atoms with Gasteiger partial charge in [0.1, 0.15) is 5.69 Å². The Morgan fingerprint density at radius 2 is 1.41 bits per heavy atom. The predicted octanol–water partition coefficient (Wildman–Crippen LogP) is 3.83. The van der Waals surface area contributed by atoms with Crippen LogP contribution in [0.3, 0.4) is 0 Å². The normalized spacial score (nSPS) is 10.5. The largest absolute Gasteiger partial charge is 0.477 e. The minimum Gasteiger partial charge on any atom is -0.477 e. The number of aromatic nitrogens is 1. The van der Waals surface area contributed by atoms with Gasteiger partial charge in [-0.2, -0.15) is 0 Å². The summed E-state index contributed by atoms with van der Waals surface area (Å²) in [6.07, 6.45) is 0.723. The monoisotopic (exact) mass is 291 g/mol. The fraction of sp³-hybridized carbons (Fsp3) is 0.105. The molecule has 1 aromatic heterocycles. The van der Waals surface area contributed by atoms with Crippen molar-refractivity contribution in [1.82, 2.24) is 4.57 Å². The number of benzene rings is 2. The summed E-state index contributed by atoms with van der Waals surface area (Å²) in [6.45, 7) is 0.567. The van der Waals surface area contributed by atoms with Gasteiger partial charge in [0, 0.05) is 18.7 Å². The van der Waals surface area contributed by atoms with Crippen molar-refractivity contribution in [3.8, 4) is 0 Å². The molecule has 0 fully saturated rings. The van der Waals surface area contributed by atoms with Crippen molar-refractivity contribution in [3.63, 3.8) is 0 Å². The molecule has 3 nitrogen and oxygen atoms in total. The van der Waals surface area contributed by atoms with E-state index in [-0.39, 0.29) is 0 Å². The second-order valence-corrected chi connectivity index (χ2v) is 5.25. The van der Waals surface area contributed by atoms with E-state index in [0.717, 1.165) is 17.7 Å². The number of aromatic carboxylic acids is 1. The number of nitrogens with zero attached hydrogens (tertiary/aromatic N) is 1. The maximum atomic E-state index is 11.5. The maximum Gasteiger partial charge on any atom is 0.352 e. The lowest BCUT2D eigenvalue weighted by Crippen LogP contribution is -2.12. The summed E-state index contributed by atoms with van der Waals surface area (Å²) in [4.78, 5) is 11.5. The van der Waals surface area contributed by atoms with E-state index >= 15 is 0 Å². The van der Waals surface area contributed by atoms with Gasteiger partial charge in [-0.25, -0.2) is 4.79 Å². The molecule has 3 rings (SSSR count). The molecule has 0 aliphatic carbocycles. The van der Waals surface area contributed by atoms with Crippen LogP contribution in [0.4, 0.5) is 0 Å². The van der Waals surface area contributed by atoms with Gasteiger partial charge in [0.25, 0.3) is 0 Å². The number of hydrogen-bond donors (Lipinski definition) is 1. The standard InChI is InChI=1S/C19H17NO2/c21-19(22)18-12-11-17(13-15-7-3-1-4-8-15)20(18)14-16-9-5-2-6-10-16/h1-12H,13-14H2,(H,21,22). The minimum absolute atomic E-state index is 0.329. The molecule has 110 valence electrons. The van der Waals surface area contributed by atoms with E-state index in [9.17, 15) is 9.90 Å². The van der Waals surface area contributed by atoms with E-state index in [0.29, 0.717) is 12.2 Å². The quantitative estimate of drug-likeness (QED) is 0.776. The topological polar surface area (TPSA) is 42.2 Å². The van der Waals surface area contributed by atoms with Crippen molar-refractivity contribution in [1.29, 1.82) is 0 Å².